The van der Waals surface area contributed by atoms with Gasteiger partial charge in [0, 0.05) is 5.03 Å². The van der Waals surface area contributed by atoms with Gasteiger partial charge in [-0.3, -0.25) is 10.1 Å². The molecule has 0 heterocycles. The van der Waals surface area contributed by atoms with Gasteiger partial charge in [-0.15, -0.1) is 0 Å². The summed E-state index contributed by atoms with van der Waals surface area (Å²) in [7, 11) is 0. The van der Waals surface area contributed by atoms with Gasteiger partial charge in [0.15, 0.2) is 0 Å². The molecule has 0 aliphatic carbocycles. The van der Waals surface area contributed by atoms with Crippen LogP contribution in [0.4, 0.5) is 4.79 Å². The second-order valence-electron chi connectivity index (χ2n) is 0.677. The molecule has 0 amide bonds. The Balaban J connectivity index is 3.18. The van der Waals surface area contributed by atoms with Crippen LogP contribution < -0.4 is 0 Å². The van der Waals surface area contributed by atoms with Crippen molar-refractivity contribution in [3.63, 3.8) is 0 Å². The van der Waals surface area contributed by atoms with Crippen molar-refractivity contribution in [3.8, 4) is 0 Å². The molecule has 0 atom stereocenters. The molecular weight excluding hydrogens is 120 g/mol. The van der Waals surface area contributed by atoms with Gasteiger partial charge in [-0.2, -0.15) is 5.59 Å². The van der Waals surface area contributed by atoms with Crippen molar-refractivity contribution in [2.24, 2.45) is 0 Å². The molecule has 0 saturated heterocycles. The summed E-state index contributed by atoms with van der Waals surface area (Å²) >= 11 is 0. The highest BCUT2D eigenvalue weighted by molar-refractivity contribution is 5.57. The molecular formula is CHN2O5-. The monoisotopic (exact) mass is 121 g/mol. The van der Waals surface area contributed by atoms with Crippen molar-refractivity contribution < 1.29 is 19.8 Å². The molecule has 0 aliphatic heterocycles. The lowest BCUT2D eigenvalue weighted by Gasteiger charge is -2.04. The van der Waals surface area contributed by atoms with Gasteiger partial charge in [-0.05, 0) is 0 Å². The van der Waals surface area contributed by atoms with E-state index >= 15 is 0 Å². The van der Waals surface area contributed by atoms with Crippen LogP contribution in [0.3, 0.4) is 0 Å². The van der Waals surface area contributed by atoms with E-state index in [0.29, 0.717) is 0 Å². The normalized spacial score (nSPS) is 7.50. The number of nitro groups is 1. The van der Waals surface area contributed by atoms with E-state index in [1.165, 1.54) is 0 Å². The van der Waals surface area contributed by atoms with Crippen LogP contribution in [-0.2, 0) is 4.84 Å². The van der Waals surface area contributed by atoms with Crippen LogP contribution in [0, 0.1) is 10.1 Å². The average Bonchev–Trinajstić information content (AvgIpc) is 1.61. The van der Waals surface area contributed by atoms with Gasteiger partial charge in [-0.25, -0.2) is 4.79 Å². The summed E-state index contributed by atoms with van der Waals surface area (Å²) in [5, 5.41) is 15.4. The molecule has 0 spiro atoms. The van der Waals surface area contributed by atoms with Crippen LogP contribution in [0.2, 0.25) is 0 Å². The van der Waals surface area contributed by atoms with E-state index in [9.17, 15) is 4.79 Å². The molecule has 0 rings (SSSR count). The fourth-order valence-electron chi connectivity index (χ4n) is 0.0683. The van der Waals surface area contributed by atoms with E-state index in [1.807, 2.05) is 5.59 Å². The second kappa shape index (κ2) is 2.61. The van der Waals surface area contributed by atoms with Gasteiger partial charge in [0.25, 0.3) is 0 Å². The highest BCUT2D eigenvalue weighted by Gasteiger charge is 1.87. The zero-order valence-electron chi connectivity index (χ0n) is 3.47. The molecule has 0 fully saturated rings. The van der Waals surface area contributed by atoms with Crippen molar-refractivity contribution >= 4 is 6.16 Å². The van der Waals surface area contributed by atoms with Crippen LogP contribution in [0.25, 0.3) is 5.59 Å². The first-order valence-corrected chi connectivity index (χ1v) is 1.38. The van der Waals surface area contributed by atoms with Crippen LogP contribution >= 0.6 is 0 Å². The molecule has 0 aromatic heterocycles. The molecule has 1 N–H and O–H groups in total. The van der Waals surface area contributed by atoms with E-state index in [1.54, 1.807) is 0 Å². The van der Waals surface area contributed by atoms with Crippen molar-refractivity contribution in [1.82, 2.24) is 0 Å². The molecule has 7 nitrogen and oxygen atoms in total. The van der Waals surface area contributed by atoms with Gasteiger partial charge < -0.3 is 9.94 Å². The molecule has 0 saturated carbocycles. The van der Waals surface area contributed by atoms with Crippen LogP contribution in [0.15, 0.2) is 0 Å². The van der Waals surface area contributed by atoms with E-state index in [2.05, 4.69) is 4.84 Å². The Bertz CT molecular complexity index is 95.0. The maximum atomic E-state index is 9.28. The standard InChI is InChI=1S/CHN2O5/c4-1(5)8-2-3(6)7/h(H,4,5)/q-1. The summed E-state index contributed by atoms with van der Waals surface area (Å²) in [5.74, 6) is 0. The van der Waals surface area contributed by atoms with Crippen LogP contribution in [-0.4, -0.2) is 16.3 Å². The Morgan fingerprint density at radius 3 is 2.50 bits per heavy atom. The molecule has 46 valence electrons. The summed E-state index contributed by atoms with van der Waals surface area (Å²) < 4.78 is 0. The maximum absolute atomic E-state index is 9.28. The molecule has 0 aromatic carbocycles. The highest BCUT2D eigenvalue weighted by atomic mass is 16.9. The fourth-order valence-corrected chi connectivity index (χ4v) is 0.0683. The lowest BCUT2D eigenvalue weighted by molar-refractivity contribution is -0.459. The van der Waals surface area contributed by atoms with Crippen molar-refractivity contribution in [2.75, 3.05) is 0 Å². The van der Waals surface area contributed by atoms with Gasteiger partial charge in [0.2, 0.25) is 0 Å². The maximum Gasteiger partial charge on any atom is 0.499 e. The van der Waals surface area contributed by atoms with Crippen molar-refractivity contribution in [2.45, 2.75) is 0 Å². The molecule has 0 aromatic rings. The lowest BCUT2D eigenvalue weighted by Crippen LogP contribution is -1.99. The van der Waals surface area contributed by atoms with E-state index < -0.39 is 11.2 Å². The minimum absolute atomic E-state index is 1.26. The van der Waals surface area contributed by atoms with E-state index in [0.717, 1.165) is 0 Å². The number of carbonyl (C=O) groups is 1. The van der Waals surface area contributed by atoms with Gasteiger partial charge >= 0.3 is 6.16 Å². The first-order chi connectivity index (χ1) is 3.63. The quantitative estimate of drug-likeness (QED) is 0.413. The number of hydrogen-bond donors (Lipinski definition) is 1. The number of hydrogen-bond acceptors (Lipinski definition) is 4. The smallest absolute Gasteiger partial charge is 0.450 e. The Morgan fingerprint density at radius 1 is 1.88 bits per heavy atom. The zero-order valence-corrected chi connectivity index (χ0v) is 3.47. The highest BCUT2D eigenvalue weighted by Crippen LogP contribution is 1.87. The van der Waals surface area contributed by atoms with E-state index in [4.69, 9.17) is 15.2 Å². The molecule has 0 radical (unpaired) electrons. The van der Waals surface area contributed by atoms with Crippen LogP contribution in [0.1, 0.15) is 0 Å². The Kier molecular flexibility index (Phi) is 2.11. The fraction of sp³-hybridized carbons (Fsp3) is 0. The summed E-state index contributed by atoms with van der Waals surface area (Å²) in [6.45, 7) is 0. The van der Waals surface area contributed by atoms with E-state index in [-0.39, 0.29) is 0 Å². The first kappa shape index (κ1) is 6.47. The SMILES string of the molecule is O=C(O)O[N-][N+](=O)[O-]. The topological polar surface area (TPSA) is 104 Å². The molecule has 8 heavy (non-hydrogen) atoms. The third-order valence-corrected chi connectivity index (χ3v) is 0.186. The first-order valence-electron chi connectivity index (χ1n) is 1.38. The molecule has 0 bridgehead atoms. The largest absolute Gasteiger partial charge is 0.499 e. The third-order valence-electron chi connectivity index (χ3n) is 0.186. The number of rotatable bonds is 2. The zero-order chi connectivity index (χ0) is 6.57. The Morgan fingerprint density at radius 2 is 2.38 bits per heavy atom. The number of nitrogens with zero attached hydrogens (tertiary/aromatic N) is 2. The van der Waals surface area contributed by atoms with Crippen molar-refractivity contribution in [3.05, 3.63) is 15.7 Å². The Hall–Kier alpha value is -1.53. The summed E-state index contributed by atoms with van der Waals surface area (Å²) in [5.41, 5.74) is 1.95. The number of carboxylic acid groups (broad SMARTS) is 1. The lowest BCUT2D eigenvalue weighted by atomic mass is 11.4. The third kappa shape index (κ3) is 4.47. The van der Waals surface area contributed by atoms with Crippen LogP contribution in [0.5, 0.6) is 0 Å². The minimum atomic E-state index is -1.80. The second-order valence-corrected chi connectivity index (χ2v) is 0.677. The average molecular weight is 121 g/mol. The predicted octanol–water partition coefficient (Wildman–Crippen LogP) is 0.161. The summed E-state index contributed by atoms with van der Waals surface area (Å²) in [6, 6.07) is 0. The Labute approximate surface area is 42.9 Å². The van der Waals surface area contributed by atoms with Gasteiger partial charge in [0.05, 0.1) is 0 Å². The predicted molar refractivity (Wildman–Crippen MR) is 19.5 cm³/mol. The van der Waals surface area contributed by atoms with Crippen molar-refractivity contribution in [1.29, 1.82) is 0 Å². The van der Waals surface area contributed by atoms with Gasteiger partial charge in [0.1, 0.15) is 0 Å². The summed E-state index contributed by atoms with van der Waals surface area (Å²) in [4.78, 5) is 21.6. The van der Waals surface area contributed by atoms with Gasteiger partial charge in [-0.1, -0.05) is 0 Å². The minimum Gasteiger partial charge on any atom is -0.450 e. The molecule has 0 aliphatic rings. The summed E-state index contributed by atoms with van der Waals surface area (Å²) in [6.07, 6.45) is -1.80. The molecule has 0 unspecified atom stereocenters. The molecule has 7 heteroatoms.